The molecule has 1 aromatic heterocycles. The SMILES string of the molecule is CC(C)(C)OC(=O)NCCn1ccnc1C1CCOCC1. The van der Waals surface area contributed by atoms with E-state index < -0.39 is 5.60 Å². The Hall–Kier alpha value is -1.56. The number of carbonyl (C=O) groups excluding carboxylic acids is 1. The third-order valence-electron chi connectivity index (χ3n) is 3.36. The molecule has 1 aliphatic heterocycles. The van der Waals surface area contributed by atoms with Crippen molar-refractivity contribution >= 4 is 6.09 Å². The lowest BCUT2D eigenvalue weighted by Crippen LogP contribution is -2.34. The topological polar surface area (TPSA) is 65.4 Å². The minimum atomic E-state index is -0.466. The highest BCUT2D eigenvalue weighted by Gasteiger charge is 2.20. The van der Waals surface area contributed by atoms with Crippen LogP contribution in [0.4, 0.5) is 4.79 Å². The first-order valence-corrected chi connectivity index (χ1v) is 7.51. The summed E-state index contributed by atoms with van der Waals surface area (Å²) in [5, 5.41) is 2.77. The maximum Gasteiger partial charge on any atom is 0.407 e. The van der Waals surface area contributed by atoms with Crippen molar-refractivity contribution in [2.45, 2.75) is 51.7 Å². The van der Waals surface area contributed by atoms with Crippen LogP contribution in [0.1, 0.15) is 45.4 Å². The summed E-state index contributed by atoms with van der Waals surface area (Å²) in [4.78, 5) is 16.1. The number of carbonyl (C=O) groups is 1. The van der Waals surface area contributed by atoms with Crippen molar-refractivity contribution < 1.29 is 14.3 Å². The van der Waals surface area contributed by atoms with Crippen molar-refractivity contribution in [1.82, 2.24) is 14.9 Å². The first kappa shape index (κ1) is 15.8. The summed E-state index contributed by atoms with van der Waals surface area (Å²) in [6, 6.07) is 0. The van der Waals surface area contributed by atoms with Crippen LogP contribution in [-0.2, 0) is 16.0 Å². The number of imidazole rings is 1. The summed E-state index contributed by atoms with van der Waals surface area (Å²) in [6.07, 6.45) is 5.42. The number of alkyl carbamates (subject to hydrolysis) is 1. The van der Waals surface area contributed by atoms with Crippen molar-refractivity contribution in [2.24, 2.45) is 0 Å². The van der Waals surface area contributed by atoms with Gasteiger partial charge in [-0.15, -0.1) is 0 Å². The molecule has 1 fully saturated rings. The van der Waals surface area contributed by atoms with Gasteiger partial charge in [-0.3, -0.25) is 0 Å². The molecule has 21 heavy (non-hydrogen) atoms. The molecule has 2 rings (SSSR count). The number of hydrogen-bond acceptors (Lipinski definition) is 4. The number of nitrogens with one attached hydrogen (secondary N) is 1. The molecule has 0 bridgehead atoms. The van der Waals surface area contributed by atoms with Gasteiger partial charge in [-0.2, -0.15) is 0 Å². The minimum Gasteiger partial charge on any atom is -0.444 e. The molecule has 0 radical (unpaired) electrons. The number of rotatable bonds is 4. The average Bonchev–Trinajstić information content (AvgIpc) is 2.86. The van der Waals surface area contributed by atoms with E-state index in [9.17, 15) is 4.79 Å². The van der Waals surface area contributed by atoms with E-state index in [0.29, 0.717) is 19.0 Å². The maximum atomic E-state index is 11.6. The predicted molar refractivity (Wildman–Crippen MR) is 79.3 cm³/mol. The smallest absolute Gasteiger partial charge is 0.407 e. The molecule has 0 atom stereocenters. The maximum absolute atomic E-state index is 11.6. The summed E-state index contributed by atoms with van der Waals surface area (Å²) in [5.41, 5.74) is -0.466. The Morgan fingerprint density at radius 2 is 2.19 bits per heavy atom. The van der Waals surface area contributed by atoms with E-state index in [-0.39, 0.29) is 6.09 Å². The fourth-order valence-corrected chi connectivity index (χ4v) is 2.42. The minimum absolute atomic E-state index is 0.379. The summed E-state index contributed by atoms with van der Waals surface area (Å²) >= 11 is 0. The molecule has 0 spiro atoms. The Bertz CT molecular complexity index is 459. The Morgan fingerprint density at radius 1 is 1.48 bits per heavy atom. The normalized spacial score (nSPS) is 16.7. The largest absolute Gasteiger partial charge is 0.444 e. The van der Waals surface area contributed by atoms with Crippen molar-refractivity contribution in [2.75, 3.05) is 19.8 Å². The van der Waals surface area contributed by atoms with Crippen LogP contribution in [0.25, 0.3) is 0 Å². The van der Waals surface area contributed by atoms with Gasteiger partial charge in [-0.25, -0.2) is 9.78 Å². The van der Waals surface area contributed by atoms with Crippen molar-refractivity contribution in [1.29, 1.82) is 0 Å². The van der Waals surface area contributed by atoms with E-state index in [1.165, 1.54) is 0 Å². The van der Waals surface area contributed by atoms with Crippen LogP contribution in [0.3, 0.4) is 0 Å². The molecule has 1 aromatic rings. The van der Waals surface area contributed by atoms with E-state index >= 15 is 0 Å². The van der Waals surface area contributed by atoms with Gasteiger partial charge in [0.05, 0.1) is 0 Å². The van der Waals surface area contributed by atoms with Crippen LogP contribution >= 0.6 is 0 Å². The molecule has 1 saturated heterocycles. The Labute approximate surface area is 125 Å². The highest BCUT2D eigenvalue weighted by Crippen LogP contribution is 2.25. The Kier molecular flexibility index (Phi) is 5.22. The molecular formula is C15H25N3O3. The van der Waals surface area contributed by atoms with Crippen molar-refractivity contribution in [3.05, 3.63) is 18.2 Å². The zero-order valence-electron chi connectivity index (χ0n) is 13.1. The third kappa shape index (κ3) is 5.04. The predicted octanol–water partition coefficient (Wildman–Crippen LogP) is 2.30. The molecule has 0 unspecified atom stereocenters. The second kappa shape index (κ2) is 6.93. The number of aromatic nitrogens is 2. The molecule has 6 heteroatoms. The van der Waals surface area contributed by atoms with Crippen LogP contribution in [0.5, 0.6) is 0 Å². The Balaban J connectivity index is 1.81. The van der Waals surface area contributed by atoms with Crippen molar-refractivity contribution in [3.8, 4) is 0 Å². The molecular weight excluding hydrogens is 270 g/mol. The zero-order chi connectivity index (χ0) is 15.3. The van der Waals surface area contributed by atoms with Gasteiger partial charge in [-0.05, 0) is 33.6 Å². The number of nitrogens with zero attached hydrogens (tertiary/aromatic N) is 2. The molecule has 118 valence electrons. The van der Waals surface area contributed by atoms with Gasteiger partial charge >= 0.3 is 6.09 Å². The van der Waals surface area contributed by atoms with E-state index in [1.54, 1.807) is 0 Å². The average molecular weight is 295 g/mol. The zero-order valence-corrected chi connectivity index (χ0v) is 13.1. The van der Waals surface area contributed by atoms with Gasteiger partial charge in [0.1, 0.15) is 11.4 Å². The van der Waals surface area contributed by atoms with Gasteiger partial charge < -0.3 is 19.4 Å². The molecule has 0 aromatic carbocycles. The van der Waals surface area contributed by atoms with Gasteiger partial charge in [0.2, 0.25) is 0 Å². The quantitative estimate of drug-likeness (QED) is 0.925. The summed E-state index contributed by atoms with van der Waals surface area (Å²) in [6.45, 7) is 8.39. The molecule has 1 amide bonds. The van der Waals surface area contributed by atoms with Crippen LogP contribution in [0.15, 0.2) is 12.4 Å². The highest BCUT2D eigenvalue weighted by atomic mass is 16.6. The summed E-state index contributed by atoms with van der Waals surface area (Å²) < 4.78 is 12.7. The standard InChI is InChI=1S/C15H25N3O3/c1-15(2,3)21-14(19)17-7-9-18-8-6-16-13(18)12-4-10-20-11-5-12/h6,8,12H,4-5,7,9-11H2,1-3H3,(H,17,19). The van der Waals surface area contributed by atoms with E-state index in [0.717, 1.165) is 31.9 Å². The van der Waals surface area contributed by atoms with E-state index in [2.05, 4.69) is 14.9 Å². The first-order valence-electron chi connectivity index (χ1n) is 7.51. The highest BCUT2D eigenvalue weighted by molar-refractivity contribution is 5.67. The van der Waals surface area contributed by atoms with Crippen LogP contribution in [-0.4, -0.2) is 41.0 Å². The fourth-order valence-electron chi connectivity index (χ4n) is 2.42. The number of ether oxygens (including phenoxy) is 2. The summed E-state index contributed by atoms with van der Waals surface area (Å²) in [7, 11) is 0. The second-order valence-electron chi connectivity index (χ2n) is 6.29. The van der Waals surface area contributed by atoms with E-state index in [4.69, 9.17) is 9.47 Å². The second-order valence-corrected chi connectivity index (χ2v) is 6.29. The Morgan fingerprint density at radius 3 is 2.86 bits per heavy atom. The van der Waals surface area contributed by atoms with E-state index in [1.807, 2.05) is 33.2 Å². The van der Waals surface area contributed by atoms with Crippen LogP contribution in [0, 0.1) is 0 Å². The third-order valence-corrected chi connectivity index (χ3v) is 3.36. The lowest BCUT2D eigenvalue weighted by Gasteiger charge is -2.23. The molecule has 2 heterocycles. The molecule has 0 saturated carbocycles. The summed E-state index contributed by atoms with van der Waals surface area (Å²) in [5.74, 6) is 1.54. The fraction of sp³-hybridized carbons (Fsp3) is 0.733. The number of amides is 1. The number of hydrogen-bond donors (Lipinski definition) is 1. The van der Waals surface area contributed by atoms with Gasteiger partial charge in [0, 0.05) is 44.6 Å². The monoisotopic (exact) mass is 295 g/mol. The van der Waals surface area contributed by atoms with Crippen LogP contribution in [0.2, 0.25) is 0 Å². The van der Waals surface area contributed by atoms with Gasteiger partial charge in [0.15, 0.2) is 0 Å². The lowest BCUT2D eigenvalue weighted by molar-refractivity contribution is 0.0525. The van der Waals surface area contributed by atoms with Gasteiger partial charge in [-0.1, -0.05) is 0 Å². The molecule has 1 N–H and O–H groups in total. The molecule has 0 aliphatic carbocycles. The van der Waals surface area contributed by atoms with Crippen LogP contribution < -0.4 is 5.32 Å². The van der Waals surface area contributed by atoms with Crippen molar-refractivity contribution in [3.63, 3.8) is 0 Å². The first-order chi connectivity index (χ1) is 9.96. The molecule has 6 nitrogen and oxygen atoms in total. The molecule has 1 aliphatic rings. The lowest BCUT2D eigenvalue weighted by atomic mass is 9.99. The van der Waals surface area contributed by atoms with Gasteiger partial charge in [0.25, 0.3) is 0 Å².